The summed E-state index contributed by atoms with van der Waals surface area (Å²) < 4.78 is 0. The minimum Gasteiger partial charge on any atom is -0.476 e. The Morgan fingerprint density at radius 2 is 1.13 bits per heavy atom. The highest BCUT2D eigenvalue weighted by Gasteiger charge is 2.09. The van der Waals surface area contributed by atoms with Gasteiger partial charge in [-0.3, -0.25) is 4.79 Å². The number of carbonyl (C=O) groups excluding carboxylic acids is 1. The molecule has 0 aliphatic carbocycles. The molecule has 1 N–H and O–H groups in total. The van der Waals surface area contributed by atoms with Gasteiger partial charge in [0.25, 0.3) is 0 Å². The van der Waals surface area contributed by atoms with E-state index in [1.807, 2.05) is 0 Å². The van der Waals surface area contributed by atoms with Crippen molar-refractivity contribution in [2.45, 2.75) is 103 Å². The Labute approximate surface area is 142 Å². The Bertz CT molecular complexity index is 321. The number of Topliss-reactive ketones (excluding diaryl/α,β-unsaturated/α-hetero) is 1. The lowest BCUT2D eigenvalue weighted by molar-refractivity contribution is -0.149. The molecule has 0 radical (unpaired) electrons. The Hall–Kier alpha value is -1.12. The number of rotatable bonds is 17. The van der Waals surface area contributed by atoms with Gasteiger partial charge in [-0.15, -0.1) is 0 Å². The zero-order valence-electron chi connectivity index (χ0n) is 15.0. The predicted octanol–water partition coefficient (Wildman–Crippen LogP) is 6.07. The average Bonchev–Trinajstić information content (AvgIpc) is 2.54. The van der Waals surface area contributed by atoms with E-state index in [2.05, 4.69) is 19.1 Å². The minimum atomic E-state index is -1.29. The van der Waals surface area contributed by atoms with Gasteiger partial charge in [-0.1, -0.05) is 76.9 Å². The monoisotopic (exact) mass is 324 g/mol. The van der Waals surface area contributed by atoms with Crippen LogP contribution < -0.4 is 0 Å². The molecule has 0 aromatic rings. The van der Waals surface area contributed by atoms with Gasteiger partial charge < -0.3 is 5.11 Å². The largest absolute Gasteiger partial charge is 0.476 e. The molecular weight excluding hydrogens is 288 g/mol. The maximum Gasteiger partial charge on any atom is 0.372 e. The summed E-state index contributed by atoms with van der Waals surface area (Å²) in [7, 11) is 0. The van der Waals surface area contributed by atoms with Gasteiger partial charge >= 0.3 is 5.97 Å². The minimum absolute atomic E-state index is 0.191. The second-order valence-corrected chi connectivity index (χ2v) is 6.42. The molecule has 0 bridgehead atoms. The Morgan fingerprint density at radius 1 is 0.696 bits per heavy atom. The number of aliphatic carboxylic acids is 1. The lowest BCUT2D eigenvalue weighted by atomic mass is 10.1. The summed E-state index contributed by atoms with van der Waals surface area (Å²) in [5, 5.41) is 8.45. The van der Waals surface area contributed by atoms with Crippen molar-refractivity contribution in [3.63, 3.8) is 0 Å². The van der Waals surface area contributed by atoms with Gasteiger partial charge in [-0.05, 0) is 32.1 Å². The first-order valence-electron chi connectivity index (χ1n) is 9.59. The number of hydrogen-bond acceptors (Lipinski definition) is 2. The number of allylic oxidation sites excluding steroid dienone is 2. The van der Waals surface area contributed by atoms with Gasteiger partial charge in [0.2, 0.25) is 5.78 Å². The number of carboxylic acid groups (broad SMARTS) is 1. The maximum absolute atomic E-state index is 10.9. The van der Waals surface area contributed by atoms with Crippen molar-refractivity contribution in [2.75, 3.05) is 0 Å². The van der Waals surface area contributed by atoms with E-state index >= 15 is 0 Å². The molecule has 0 atom stereocenters. The molecule has 0 saturated heterocycles. The van der Waals surface area contributed by atoms with Crippen LogP contribution in [0.5, 0.6) is 0 Å². The fourth-order valence-corrected chi connectivity index (χ4v) is 2.64. The Balaban J connectivity index is 3.16. The van der Waals surface area contributed by atoms with Crippen molar-refractivity contribution >= 4 is 11.8 Å². The van der Waals surface area contributed by atoms with Gasteiger partial charge in [0.1, 0.15) is 0 Å². The quantitative estimate of drug-likeness (QED) is 0.201. The molecular formula is C20H36O3. The van der Waals surface area contributed by atoms with E-state index in [0.717, 1.165) is 12.8 Å². The smallest absolute Gasteiger partial charge is 0.372 e. The van der Waals surface area contributed by atoms with Crippen LogP contribution >= 0.6 is 0 Å². The lowest BCUT2D eigenvalue weighted by Crippen LogP contribution is -2.11. The number of unbranched alkanes of at least 4 members (excludes halogenated alkanes) is 12. The van der Waals surface area contributed by atoms with E-state index in [1.54, 1.807) is 0 Å². The molecule has 3 heteroatoms. The van der Waals surface area contributed by atoms with Crippen molar-refractivity contribution in [1.82, 2.24) is 0 Å². The predicted molar refractivity (Wildman–Crippen MR) is 96.7 cm³/mol. The fourth-order valence-electron chi connectivity index (χ4n) is 2.64. The molecule has 0 unspecified atom stereocenters. The molecule has 0 spiro atoms. The van der Waals surface area contributed by atoms with E-state index < -0.39 is 11.8 Å². The van der Waals surface area contributed by atoms with Crippen molar-refractivity contribution in [3.8, 4) is 0 Å². The molecule has 0 heterocycles. The summed E-state index contributed by atoms with van der Waals surface area (Å²) in [5.41, 5.74) is 0. The van der Waals surface area contributed by atoms with Crippen molar-refractivity contribution in [3.05, 3.63) is 12.2 Å². The van der Waals surface area contributed by atoms with Crippen molar-refractivity contribution in [1.29, 1.82) is 0 Å². The van der Waals surface area contributed by atoms with Crippen LogP contribution in [0.1, 0.15) is 103 Å². The SMILES string of the molecule is CCCCCCCC/C=C\CCCCCCCCC(=O)C(=O)O. The molecule has 0 rings (SSSR count). The molecule has 0 saturated carbocycles. The lowest BCUT2D eigenvalue weighted by Gasteiger charge is -2.00. The maximum atomic E-state index is 10.9. The highest BCUT2D eigenvalue weighted by atomic mass is 16.4. The molecule has 134 valence electrons. The van der Waals surface area contributed by atoms with Crippen LogP contribution in [0.25, 0.3) is 0 Å². The van der Waals surface area contributed by atoms with Gasteiger partial charge in [0, 0.05) is 6.42 Å². The summed E-state index contributed by atoms with van der Waals surface area (Å²) in [6.07, 6.45) is 21.9. The Morgan fingerprint density at radius 3 is 1.61 bits per heavy atom. The molecule has 0 aliphatic rings. The normalized spacial score (nSPS) is 11.2. The van der Waals surface area contributed by atoms with Crippen molar-refractivity contribution < 1.29 is 14.7 Å². The first-order valence-corrected chi connectivity index (χ1v) is 9.59. The molecule has 0 fully saturated rings. The molecule has 0 aromatic heterocycles. The fraction of sp³-hybridized carbons (Fsp3) is 0.800. The summed E-state index contributed by atoms with van der Waals surface area (Å²) in [5.74, 6) is -1.95. The van der Waals surface area contributed by atoms with E-state index in [4.69, 9.17) is 5.11 Å². The third-order valence-electron chi connectivity index (χ3n) is 4.15. The van der Waals surface area contributed by atoms with Crippen LogP contribution in [0, 0.1) is 0 Å². The summed E-state index contributed by atoms with van der Waals surface area (Å²) in [6, 6.07) is 0. The summed E-state index contributed by atoms with van der Waals surface area (Å²) >= 11 is 0. The first-order chi connectivity index (χ1) is 11.2. The molecule has 0 aliphatic heterocycles. The number of hydrogen-bond donors (Lipinski definition) is 1. The van der Waals surface area contributed by atoms with Gasteiger partial charge in [-0.25, -0.2) is 4.79 Å². The van der Waals surface area contributed by atoms with E-state index in [9.17, 15) is 9.59 Å². The molecule has 0 aromatic carbocycles. The van der Waals surface area contributed by atoms with Crippen molar-refractivity contribution in [2.24, 2.45) is 0 Å². The van der Waals surface area contributed by atoms with Crippen LogP contribution in [-0.4, -0.2) is 16.9 Å². The van der Waals surface area contributed by atoms with Crippen LogP contribution in [0.15, 0.2) is 12.2 Å². The van der Waals surface area contributed by atoms with Crippen LogP contribution in [-0.2, 0) is 9.59 Å². The number of ketones is 1. The van der Waals surface area contributed by atoms with E-state index in [1.165, 1.54) is 70.6 Å². The van der Waals surface area contributed by atoms with Gasteiger partial charge in [0.05, 0.1) is 0 Å². The average molecular weight is 325 g/mol. The Kier molecular flexibility index (Phi) is 16.4. The molecule has 0 amide bonds. The summed E-state index contributed by atoms with van der Waals surface area (Å²) in [4.78, 5) is 21.2. The third kappa shape index (κ3) is 17.1. The molecule has 23 heavy (non-hydrogen) atoms. The third-order valence-corrected chi connectivity index (χ3v) is 4.15. The second kappa shape index (κ2) is 17.2. The first kappa shape index (κ1) is 21.9. The van der Waals surface area contributed by atoms with Gasteiger partial charge in [-0.2, -0.15) is 0 Å². The highest BCUT2D eigenvalue weighted by molar-refractivity contribution is 6.32. The van der Waals surface area contributed by atoms with E-state index in [-0.39, 0.29) is 6.42 Å². The zero-order valence-corrected chi connectivity index (χ0v) is 15.0. The van der Waals surface area contributed by atoms with Crippen LogP contribution in [0.4, 0.5) is 0 Å². The zero-order chi connectivity index (χ0) is 17.2. The summed E-state index contributed by atoms with van der Waals surface area (Å²) in [6.45, 7) is 2.25. The number of carbonyl (C=O) groups is 2. The van der Waals surface area contributed by atoms with Gasteiger partial charge in [0.15, 0.2) is 0 Å². The van der Waals surface area contributed by atoms with E-state index in [0.29, 0.717) is 6.42 Å². The topological polar surface area (TPSA) is 54.4 Å². The van der Waals surface area contributed by atoms with Crippen LogP contribution in [0.3, 0.4) is 0 Å². The second-order valence-electron chi connectivity index (χ2n) is 6.42. The molecule has 3 nitrogen and oxygen atoms in total. The number of carboxylic acids is 1. The highest BCUT2D eigenvalue weighted by Crippen LogP contribution is 2.10. The van der Waals surface area contributed by atoms with Crippen LogP contribution in [0.2, 0.25) is 0 Å². The standard InChI is InChI=1S/C20H36O3/c1-2-3-4-5-6-7-8-9-10-11-12-13-14-15-16-17-18-19(21)20(22)23/h9-10H,2-8,11-18H2,1H3,(H,22,23)/b10-9-.